The molecule has 0 aliphatic carbocycles. The minimum atomic E-state index is -0.392. The van der Waals surface area contributed by atoms with Crippen LogP contribution in [0.5, 0.6) is 0 Å². The topological polar surface area (TPSA) is 59.8 Å². The van der Waals surface area contributed by atoms with Crippen molar-refractivity contribution in [2.45, 2.75) is 25.9 Å². The Morgan fingerprint density at radius 1 is 1.25 bits per heavy atom. The lowest BCUT2D eigenvalue weighted by Gasteiger charge is -2.31. The molecule has 5 nitrogen and oxygen atoms in total. The van der Waals surface area contributed by atoms with E-state index in [0.717, 1.165) is 18.0 Å². The summed E-state index contributed by atoms with van der Waals surface area (Å²) in [7, 11) is 0. The number of carbonyl (C=O) groups is 2. The van der Waals surface area contributed by atoms with E-state index < -0.39 is 6.04 Å². The zero-order chi connectivity index (χ0) is 16.9. The van der Waals surface area contributed by atoms with E-state index >= 15 is 0 Å². The van der Waals surface area contributed by atoms with Gasteiger partial charge >= 0.3 is 5.97 Å². The van der Waals surface area contributed by atoms with Crippen LogP contribution in [0.15, 0.2) is 42.5 Å². The van der Waals surface area contributed by atoms with Gasteiger partial charge < -0.3 is 15.0 Å². The lowest BCUT2D eigenvalue weighted by atomic mass is 10.0. The van der Waals surface area contributed by atoms with E-state index in [0.29, 0.717) is 13.2 Å². The molecule has 1 fully saturated rings. The van der Waals surface area contributed by atoms with Gasteiger partial charge in [0, 0.05) is 5.56 Å². The highest BCUT2D eigenvalue weighted by atomic mass is 16.5. The molecule has 0 spiro atoms. The summed E-state index contributed by atoms with van der Waals surface area (Å²) in [6.07, 6.45) is 0.125. The highest BCUT2D eigenvalue weighted by molar-refractivity contribution is 5.86. The molecule has 2 aromatic carbocycles. The lowest BCUT2D eigenvalue weighted by molar-refractivity contribution is -0.930. The second-order valence-corrected chi connectivity index (χ2v) is 6.08. The molecule has 0 bridgehead atoms. The maximum absolute atomic E-state index is 12.3. The highest BCUT2D eigenvalue weighted by Gasteiger charge is 2.36. The number of rotatable bonds is 5. The zero-order valence-electron chi connectivity index (χ0n) is 13.9. The molecule has 3 rings (SSSR count). The van der Waals surface area contributed by atoms with Crippen LogP contribution in [-0.2, 0) is 20.9 Å². The number of hydrogen-bond acceptors (Lipinski definition) is 3. The van der Waals surface area contributed by atoms with Crippen LogP contribution in [0.4, 0.5) is 0 Å². The van der Waals surface area contributed by atoms with E-state index in [4.69, 9.17) is 4.74 Å². The molecule has 1 aliphatic rings. The third-order valence-corrected chi connectivity index (χ3v) is 4.53. The van der Waals surface area contributed by atoms with Crippen molar-refractivity contribution in [3.8, 4) is 0 Å². The average molecular weight is 327 g/mol. The average Bonchev–Trinajstić information content (AvgIpc) is 2.58. The number of benzene rings is 2. The Morgan fingerprint density at radius 2 is 2.04 bits per heavy atom. The number of fused-ring (bicyclic) bond motifs is 1. The van der Waals surface area contributed by atoms with Gasteiger partial charge in [-0.25, -0.2) is 0 Å². The van der Waals surface area contributed by atoms with Gasteiger partial charge in [0.2, 0.25) is 0 Å². The number of carbonyl (C=O) groups excluding carboxylic acids is 2. The van der Waals surface area contributed by atoms with Gasteiger partial charge in [-0.05, 0) is 17.7 Å². The van der Waals surface area contributed by atoms with Crippen molar-refractivity contribution in [1.82, 2.24) is 5.32 Å². The number of ether oxygens (including phenoxy) is 1. The summed E-state index contributed by atoms with van der Waals surface area (Å²) < 4.78 is 5.03. The molecule has 2 atom stereocenters. The van der Waals surface area contributed by atoms with Crippen molar-refractivity contribution in [2.24, 2.45) is 0 Å². The Bertz CT molecular complexity index is 739. The van der Waals surface area contributed by atoms with Gasteiger partial charge in [-0.2, -0.15) is 0 Å². The van der Waals surface area contributed by atoms with Crippen molar-refractivity contribution in [1.29, 1.82) is 0 Å². The zero-order valence-corrected chi connectivity index (χ0v) is 13.9. The number of amides is 1. The van der Waals surface area contributed by atoms with E-state index in [1.54, 1.807) is 6.92 Å². The maximum atomic E-state index is 12.3. The van der Waals surface area contributed by atoms with Gasteiger partial charge in [0.25, 0.3) is 5.91 Å². The van der Waals surface area contributed by atoms with E-state index in [9.17, 15) is 9.59 Å². The number of piperazine rings is 1. The van der Waals surface area contributed by atoms with Crippen LogP contribution in [0.1, 0.15) is 18.9 Å². The number of quaternary nitrogens is 1. The van der Waals surface area contributed by atoms with Crippen molar-refractivity contribution in [3.63, 3.8) is 0 Å². The van der Waals surface area contributed by atoms with Gasteiger partial charge in [-0.15, -0.1) is 0 Å². The van der Waals surface area contributed by atoms with E-state index in [2.05, 4.69) is 29.6 Å². The first-order valence-electron chi connectivity index (χ1n) is 8.43. The van der Waals surface area contributed by atoms with Crippen molar-refractivity contribution in [3.05, 3.63) is 48.0 Å². The molecule has 5 heteroatoms. The SMILES string of the molecule is CCOC(=O)C[C@H]1C(=O)NCC[NH+]1Cc1cccc2ccccc12. The quantitative estimate of drug-likeness (QED) is 0.794. The van der Waals surface area contributed by atoms with Crippen molar-refractivity contribution >= 4 is 22.6 Å². The van der Waals surface area contributed by atoms with Crippen LogP contribution in [0.3, 0.4) is 0 Å². The summed E-state index contributed by atoms with van der Waals surface area (Å²) in [5.74, 6) is -0.375. The lowest BCUT2D eigenvalue weighted by Crippen LogP contribution is -3.18. The first-order valence-corrected chi connectivity index (χ1v) is 8.43. The molecule has 0 radical (unpaired) electrons. The van der Waals surface area contributed by atoms with Gasteiger partial charge in [0.1, 0.15) is 13.0 Å². The predicted octanol–water partition coefficient (Wildman–Crippen LogP) is 0.676. The Balaban J connectivity index is 1.82. The van der Waals surface area contributed by atoms with E-state index in [-0.39, 0.29) is 18.3 Å². The molecule has 1 aliphatic heterocycles. The van der Waals surface area contributed by atoms with Crippen LogP contribution in [-0.4, -0.2) is 37.6 Å². The first kappa shape index (κ1) is 16.5. The minimum absolute atomic E-state index is 0.0652. The van der Waals surface area contributed by atoms with Crippen molar-refractivity contribution < 1.29 is 19.2 Å². The van der Waals surface area contributed by atoms with Crippen LogP contribution < -0.4 is 10.2 Å². The molecule has 0 aromatic heterocycles. The molecule has 1 unspecified atom stereocenters. The minimum Gasteiger partial charge on any atom is -0.466 e. The Hall–Kier alpha value is -2.40. The second kappa shape index (κ2) is 7.45. The van der Waals surface area contributed by atoms with Crippen LogP contribution in [0.2, 0.25) is 0 Å². The Kier molecular flexibility index (Phi) is 5.11. The normalized spacial score (nSPS) is 20.6. The standard InChI is InChI=1S/C19H22N2O3/c1-2-24-18(22)12-17-19(23)20-10-11-21(17)13-15-8-5-7-14-6-3-4-9-16(14)15/h3-9,17H,2,10-13H2,1H3,(H,20,23)/p+1/t17-/m0/s1. The maximum Gasteiger partial charge on any atom is 0.312 e. The highest BCUT2D eigenvalue weighted by Crippen LogP contribution is 2.17. The molecular formula is C19H23N2O3+. The Morgan fingerprint density at radius 3 is 2.88 bits per heavy atom. The number of esters is 1. The van der Waals surface area contributed by atoms with Gasteiger partial charge in [0.15, 0.2) is 6.04 Å². The fraction of sp³-hybridized carbons (Fsp3) is 0.368. The fourth-order valence-electron chi connectivity index (χ4n) is 3.36. The summed E-state index contributed by atoms with van der Waals surface area (Å²) >= 11 is 0. The molecule has 0 saturated carbocycles. The summed E-state index contributed by atoms with van der Waals surface area (Å²) in [6, 6.07) is 14.1. The molecule has 1 saturated heterocycles. The molecule has 126 valence electrons. The first-order chi connectivity index (χ1) is 11.7. The summed E-state index contributed by atoms with van der Waals surface area (Å²) in [5.41, 5.74) is 1.20. The van der Waals surface area contributed by atoms with Crippen LogP contribution >= 0.6 is 0 Å². The molecule has 2 aromatic rings. The third kappa shape index (κ3) is 3.57. The largest absolute Gasteiger partial charge is 0.466 e. The molecular weight excluding hydrogens is 304 g/mol. The monoisotopic (exact) mass is 327 g/mol. The Labute approximate surface area is 141 Å². The molecule has 1 amide bonds. The predicted molar refractivity (Wildman–Crippen MR) is 91.5 cm³/mol. The number of hydrogen-bond donors (Lipinski definition) is 2. The molecule has 2 N–H and O–H groups in total. The summed E-state index contributed by atoms with van der Waals surface area (Å²) in [5, 5.41) is 5.26. The van der Waals surface area contributed by atoms with Gasteiger partial charge in [-0.3, -0.25) is 9.59 Å². The van der Waals surface area contributed by atoms with Crippen molar-refractivity contribution in [2.75, 3.05) is 19.7 Å². The van der Waals surface area contributed by atoms with Gasteiger partial charge in [-0.1, -0.05) is 42.5 Å². The van der Waals surface area contributed by atoms with Crippen LogP contribution in [0, 0.1) is 0 Å². The summed E-state index contributed by atoms with van der Waals surface area (Å²) in [4.78, 5) is 25.2. The second-order valence-electron chi connectivity index (χ2n) is 6.08. The van der Waals surface area contributed by atoms with E-state index in [1.807, 2.05) is 18.2 Å². The molecule has 24 heavy (non-hydrogen) atoms. The summed E-state index contributed by atoms with van der Waals surface area (Å²) in [6.45, 7) is 4.28. The molecule has 1 heterocycles. The fourth-order valence-corrected chi connectivity index (χ4v) is 3.36. The van der Waals surface area contributed by atoms with Gasteiger partial charge in [0.05, 0.1) is 19.7 Å². The van der Waals surface area contributed by atoms with Crippen LogP contribution in [0.25, 0.3) is 10.8 Å². The van der Waals surface area contributed by atoms with E-state index in [1.165, 1.54) is 16.3 Å². The number of nitrogens with one attached hydrogen (secondary N) is 2. The third-order valence-electron chi connectivity index (χ3n) is 4.53. The smallest absolute Gasteiger partial charge is 0.312 e.